The second kappa shape index (κ2) is 6.74. The second-order valence-corrected chi connectivity index (χ2v) is 7.99. The van der Waals surface area contributed by atoms with Crippen molar-refractivity contribution in [2.75, 3.05) is 0 Å². The maximum atomic E-state index is 12.2. The molecule has 0 aliphatic carbocycles. The van der Waals surface area contributed by atoms with Crippen LogP contribution in [0.4, 0.5) is 0 Å². The van der Waals surface area contributed by atoms with E-state index in [1.54, 1.807) is 28.3 Å². The third-order valence-electron chi connectivity index (χ3n) is 4.12. The van der Waals surface area contributed by atoms with E-state index in [2.05, 4.69) is 4.98 Å². The zero-order chi connectivity index (χ0) is 18.3. The number of fused-ring (bicyclic) bond motifs is 2. The third-order valence-corrected chi connectivity index (χ3v) is 6.08. The molecule has 7 heteroatoms. The number of rotatable bonds is 4. The minimum absolute atomic E-state index is 0.0503. The van der Waals surface area contributed by atoms with Gasteiger partial charge >= 0.3 is 5.63 Å². The predicted octanol–water partition coefficient (Wildman–Crippen LogP) is 3.91. The molecule has 132 valence electrons. The summed E-state index contributed by atoms with van der Waals surface area (Å²) in [5.74, 6) is 1.26. The summed E-state index contributed by atoms with van der Waals surface area (Å²) in [6.45, 7) is 3.86. The van der Waals surface area contributed by atoms with E-state index in [0.29, 0.717) is 22.0 Å². The molecule has 1 aromatic carbocycles. The van der Waals surface area contributed by atoms with Gasteiger partial charge in [0.2, 0.25) is 0 Å². The number of nitrogens with zero attached hydrogens (tertiary/aromatic N) is 2. The topological polar surface area (TPSA) is 64.6 Å². The monoisotopic (exact) mass is 384 g/mol. The Morgan fingerprint density at radius 1 is 1.15 bits per heavy atom. The number of hydrogen-bond donors (Lipinski definition) is 0. The number of aryl methyl sites for hydroxylation is 2. The molecule has 0 amide bonds. The van der Waals surface area contributed by atoms with Crippen molar-refractivity contribution in [3.05, 3.63) is 79.0 Å². The highest BCUT2D eigenvalue weighted by molar-refractivity contribution is 7.97. The molecule has 0 bridgehead atoms. The van der Waals surface area contributed by atoms with Crippen LogP contribution in [0.15, 0.2) is 49.7 Å². The molecule has 3 aromatic heterocycles. The van der Waals surface area contributed by atoms with Crippen molar-refractivity contribution < 1.29 is 4.42 Å². The Labute approximate surface area is 157 Å². The summed E-state index contributed by atoms with van der Waals surface area (Å²) < 4.78 is 6.92. The fraction of sp³-hybridized carbons (Fsp3) is 0.211. The molecule has 0 aliphatic rings. The van der Waals surface area contributed by atoms with Gasteiger partial charge in [-0.2, -0.15) is 11.8 Å². The van der Waals surface area contributed by atoms with Gasteiger partial charge in [0, 0.05) is 40.1 Å². The SMILES string of the molecule is Cc1ccc2c(CSCc3cc(=O)n4c(C)csc4n3)cc(=O)oc2c1. The van der Waals surface area contributed by atoms with Crippen molar-refractivity contribution in [3.8, 4) is 0 Å². The summed E-state index contributed by atoms with van der Waals surface area (Å²) in [5, 5.41) is 2.87. The standard InChI is InChI=1S/C19H16N2O3S2/c1-11-3-4-15-13(6-18(23)24-16(15)5-11)9-25-10-14-7-17(22)21-12(2)8-26-19(21)20-14/h3-8H,9-10H2,1-2H3. The fourth-order valence-corrected chi connectivity index (χ4v) is 4.71. The van der Waals surface area contributed by atoms with E-state index in [0.717, 1.165) is 27.9 Å². The van der Waals surface area contributed by atoms with E-state index in [-0.39, 0.29) is 11.2 Å². The molecule has 4 rings (SSSR count). The van der Waals surface area contributed by atoms with Gasteiger partial charge in [0.15, 0.2) is 4.96 Å². The molecule has 0 atom stereocenters. The average molecular weight is 384 g/mol. The second-order valence-electron chi connectivity index (χ2n) is 6.16. The summed E-state index contributed by atoms with van der Waals surface area (Å²) >= 11 is 3.09. The Hall–Kier alpha value is -2.38. The summed E-state index contributed by atoms with van der Waals surface area (Å²) in [7, 11) is 0. The molecule has 3 heterocycles. The largest absolute Gasteiger partial charge is 0.423 e. The van der Waals surface area contributed by atoms with Gasteiger partial charge in [0.1, 0.15) is 5.58 Å². The van der Waals surface area contributed by atoms with Crippen molar-refractivity contribution in [2.45, 2.75) is 25.4 Å². The quantitative estimate of drug-likeness (QED) is 0.499. The first kappa shape index (κ1) is 17.1. The number of aromatic nitrogens is 2. The summed E-state index contributed by atoms with van der Waals surface area (Å²) in [6.07, 6.45) is 0. The van der Waals surface area contributed by atoms with Crippen LogP contribution >= 0.6 is 23.1 Å². The summed E-state index contributed by atoms with van der Waals surface area (Å²) in [4.78, 5) is 29.3. The smallest absolute Gasteiger partial charge is 0.336 e. The van der Waals surface area contributed by atoms with Gasteiger partial charge in [0.05, 0.1) is 5.69 Å². The van der Waals surface area contributed by atoms with E-state index in [1.165, 1.54) is 11.3 Å². The molecule has 0 aliphatic heterocycles. The van der Waals surface area contributed by atoms with Gasteiger partial charge in [-0.25, -0.2) is 9.78 Å². The number of benzene rings is 1. The van der Waals surface area contributed by atoms with Crippen molar-refractivity contribution in [3.63, 3.8) is 0 Å². The van der Waals surface area contributed by atoms with E-state index in [1.807, 2.05) is 37.4 Å². The lowest BCUT2D eigenvalue weighted by atomic mass is 10.1. The molecule has 0 N–H and O–H groups in total. The Bertz CT molecular complexity index is 1240. The van der Waals surface area contributed by atoms with Crippen LogP contribution in [0.25, 0.3) is 15.9 Å². The molecule has 0 fully saturated rings. The average Bonchev–Trinajstić information content (AvgIpc) is 2.95. The highest BCUT2D eigenvalue weighted by Crippen LogP contribution is 2.24. The van der Waals surface area contributed by atoms with Crippen molar-refractivity contribution in [2.24, 2.45) is 0 Å². The highest BCUT2D eigenvalue weighted by Gasteiger charge is 2.09. The van der Waals surface area contributed by atoms with Crippen LogP contribution < -0.4 is 11.2 Å². The van der Waals surface area contributed by atoms with E-state index < -0.39 is 0 Å². The van der Waals surface area contributed by atoms with Crippen LogP contribution in [0.3, 0.4) is 0 Å². The molecule has 26 heavy (non-hydrogen) atoms. The minimum Gasteiger partial charge on any atom is -0.423 e. The molecule has 0 saturated carbocycles. The number of hydrogen-bond acceptors (Lipinski definition) is 6. The van der Waals surface area contributed by atoms with E-state index in [4.69, 9.17) is 4.42 Å². The normalized spacial score (nSPS) is 11.5. The number of thiazole rings is 1. The zero-order valence-electron chi connectivity index (χ0n) is 14.3. The Balaban J connectivity index is 1.58. The van der Waals surface area contributed by atoms with Gasteiger partial charge in [-0.3, -0.25) is 9.20 Å². The van der Waals surface area contributed by atoms with Gasteiger partial charge in [0.25, 0.3) is 5.56 Å². The van der Waals surface area contributed by atoms with Crippen LogP contribution in [0, 0.1) is 13.8 Å². The van der Waals surface area contributed by atoms with Crippen molar-refractivity contribution >= 4 is 39.0 Å². The van der Waals surface area contributed by atoms with Crippen molar-refractivity contribution in [1.29, 1.82) is 0 Å². The van der Waals surface area contributed by atoms with Crippen LogP contribution in [0.5, 0.6) is 0 Å². The molecule has 4 aromatic rings. The van der Waals surface area contributed by atoms with Gasteiger partial charge in [-0.05, 0) is 31.0 Å². The predicted molar refractivity (Wildman–Crippen MR) is 106 cm³/mol. The van der Waals surface area contributed by atoms with Gasteiger partial charge in [-0.1, -0.05) is 12.1 Å². The maximum Gasteiger partial charge on any atom is 0.336 e. The molecule has 0 radical (unpaired) electrons. The molecule has 0 saturated heterocycles. The summed E-state index contributed by atoms with van der Waals surface area (Å²) in [5.41, 5.74) is 3.86. The molecule has 0 spiro atoms. The molecule has 0 unspecified atom stereocenters. The summed E-state index contributed by atoms with van der Waals surface area (Å²) in [6, 6.07) is 8.99. The van der Waals surface area contributed by atoms with Crippen LogP contribution in [0.1, 0.15) is 22.5 Å². The van der Waals surface area contributed by atoms with Crippen molar-refractivity contribution in [1.82, 2.24) is 9.38 Å². The first-order valence-electron chi connectivity index (χ1n) is 8.09. The first-order chi connectivity index (χ1) is 12.5. The Morgan fingerprint density at radius 2 is 2.00 bits per heavy atom. The van der Waals surface area contributed by atoms with Gasteiger partial charge < -0.3 is 4.42 Å². The molecular formula is C19H16N2O3S2. The van der Waals surface area contributed by atoms with Crippen LogP contribution in [-0.2, 0) is 11.5 Å². The van der Waals surface area contributed by atoms with Crippen LogP contribution in [0.2, 0.25) is 0 Å². The maximum absolute atomic E-state index is 12.2. The lowest BCUT2D eigenvalue weighted by Gasteiger charge is -2.06. The molecule has 5 nitrogen and oxygen atoms in total. The van der Waals surface area contributed by atoms with Gasteiger partial charge in [-0.15, -0.1) is 11.3 Å². The fourth-order valence-electron chi connectivity index (χ4n) is 2.90. The zero-order valence-corrected chi connectivity index (χ0v) is 15.9. The first-order valence-corrected chi connectivity index (χ1v) is 10.1. The lowest BCUT2D eigenvalue weighted by Crippen LogP contribution is -2.14. The van der Waals surface area contributed by atoms with E-state index in [9.17, 15) is 9.59 Å². The Kier molecular flexibility index (Phi) is 4.42. The van der Waals surface area contributed by atoms with Crippen LogP contribution in [-0.4, -0.2) is 9.38 Å². The van der Waals surface area contributed by atoms with E-state index >= 15 is 0 Å². The third kappa shape index (κ3) is 3.20. The Morgan fingerprint density at radius 3 is 2.85 bits per heavy atom. The highest BCUT2D eigenvalue weighted by atomic mass is 32.2. The number of thioether (sulfide) groups is 1. The molecular weight excluding hydrogens is 368 g/mol. The lowest BCUT2D eigenvalue weighted by molar-refractivity contribution is 0.559. The minimum atomic E-state index is -0.342.